The van der Waals surface area contributed by atoms with Crippen LogP contribution in [0.15, 0.2) is 52.9 Å². The molecule has 0 radical (unpaired) electrons. The summed E-state index contributed by atoms with van der Waals surface area (Å²) < 4.78 is 28.3. The molecular weight excluding hydrogens is 436 g/mol. The van der Waals surface area contributed by atoms with Crippen molar-refractivity contribution >= 4 is 33.2 Å². The van der Waals surface area contributed by atoms with Gasteiger partial charge in [-0.05, 0) is 42.3 Å². The quantitative estimate of drug-likeness (QED) is 0.577. The van der Waals surface area contributed by atoms with E-state index >= 15 is 0 Å². The molecule has 158 valence electrons. The number of rotatable bonds is 6. The highest BCUT2D eigenvalue weighted by Gasteiger charge is 2.35. The highest BCUT2D eigenvalue weighted by atomic mass is 32.2. The van der Waals surface area contributed by atoms with E-state index in [9.17, 15) is 13.2 Å². The molecule has 0 aliphatic carbocycles. The SMILES string of the molecule is N#Cc1cccc(CN2CC[C@H](NS(=O)(=O)c3ccc(-c4ccnc(N)n4)s3)C2=O)c1. The van der Waals surface area contributed by atoms with Crippen LogP contribution in [0.25, 0.3) is 10.6 Å². The van der Waals surface area contributed by atoms with E-state index in [1.807, 2.05) is 6.07 Å². The van der Waals surface area contributed by atoms with E-state index in [-0.39, 0.29) is 16.1 Å². The Morgan fingerprint density at radius 2 is 2.13 bits per heavy atom. The number of carbonyl (C=O) groups is 1. The molecule has 11 heteroatoms. The van der Waals surface area contributed by atoms with E-state index in [0.717, 1.165) is 16.9 Å². The maximum atomic E-state index is 12.8. The second-order valence-corrected chi connectivity index (χ2v) is 9.98. The molecule has 1 amide bonds. The predicted octanol–water partition coefficient (Wildman–Crippen LogP) is 1.74. The Hall–Kier alpha value is -3.33. The molecule has 2 aromatic heterocycles. The third kappa shape index (κ3) is 4.56. The average Bonchev–Trinajstić information content (AvgIpc) is 3.38. The number of hydrogen-bond acceptors (Lipinski definition) is 8. The number of nitrogens with one attached hydrogen (secondary N) is 1. The van der Waals surface area contributed by atoms with Crippen molar-refractivity contribution in [2.45, 2.75) is 23.2 Å². The summed E-state index contributed by atoms with van der Waals surface area (Å²) in [6.07, 6.45) is 1.87. The molecule has 3 aromatic rings. The average molecular weight is 455 g/mol. The topological polar surface area (TPSA) is 142 Å². The minimum atomic E-state index is -3.88. The Morgan fingerprint density at radius 3 is 2.90 bits per heavy atom. The Kier molecular flexibility index (Phi) is 5.69. The van der Waals surface area contributed by atoms with Gasteiger partial charge in [-0.3, -0.25) is 4.79 Å². The lowest BCUT2D eigenvalue weighted by Gasteiger charge is -2.17. The Morgan fingerprint density at radius 1 is 1.29 bits per heavy atom. The number of amides is 1. The van der Waals surface area contributed by atoms with Crippen LogP contribution < -0.4 is 10.5 Å². The lowest BCUT2D eigenvalue weighted by atomic mass is 10.1. The van der Waals surface area contributed by atoms with Gasteiger partial charge in [0.2, 0.25) is 11.9 Å². The zero-order chi connectivity index (χ0) is 22.0. The van der Waals surface area contributed by atoms with Gasteiger partial charge in [-0.15, -0.1) is 11.3 Å². The molecule has 3 heterocycles. The number of nitrogens with zero attached hydrogens (tertiary/aromatic N) is 4. The fourth-order valence-electron chi connectivity index (χ4n) is 3.32. The number of carbonyl (C=O) groups excluding carboxylic acids is 1. The molecule has 1 aliphatic heterocycles. The second-order valence-electron chi connectivity index (χ2n) is 6.95. The molecule has 3 N–H and O–H groups in total. The summed E-state index contributed by atoms with van der Waals surface area (Å²) >= 11 is 1.04. The van der Waals surface area contributed by atoms with Gasteiger partial charge < -0.3 is 10.6 Å². The van der Waals surface area contributed by atoms with Gasteiger partial charge >= 0.3 is 0 Å². The molecule has 1 aliphatic rings. The number of aromatic nitrogens is 2. The maximum Gasteiger partial charge on any atom is 0.250 e. The third-order valence-corrected chi connectivity index (χ3v) is 7.87. The van der Waals surface area contributed by atoms with Crippen LogP contribution in [0.2, 0.25) is 0 Å². The number of anilines is 1. The van der Waals surface area contributed by atoms with E-state index in [1.165, 1.54) is 12.3 Å². The molecule has 1 fully saturated rings. The van der Waals surface area contributed by atoms with Crippen LogP contribution in [0.4, 0.5) is 5.95 Å². The lowest BCUT2D eigenvalue weighted by Crippen LogP contribution is -2.41. The van der Waals surface area contributed by atoms with Gasteiger partial charge in [0.15, 0.2) is 0 Å². The highest BCUT2D eigenvalue weighted by Crippen LogP contribution is 2.30. The van der Waals surface area contributed by atoms with E-state index < -0.39 is 16.1 Å². The Balaban J connectivity index is 1.45. The largest absolute Gasteiger partial charge is 0.368 e. The smallest absolute Gasteiger partial charge is 0.250 e. The standard InChI is InChI=1S/C20H18N6O3S2/c21-11-13-2-1-3-14(10-13)12-26-9-7-16(19(26)27)25-31(28,29)18-5-4-17(30-18)15-6-8-23-20(22)24-15/h1-6,8,10,16,25H,7,9,12H2,(H2,22,23,24)/t16-/m0/s1. The van der Waals surface area contributed by atoms with E-state index in [4.69, 9.17) is 11.0 Å². The first kappa shape index (κ1) is 20.9. The molecule has 1 atom stereocenters. The Bertz CT molecular complexity index is 1280. The van der Waals surface area contributed by atoms with Gasteiger partial charge in [0, 0.05) is 19.3 Å². The summed E-state index contributed by atoms with van der Waals surface area (Å²) in [4.78, 5) is 22.9. The van der Waals surface area contributed by atoms with E-state index in [2.05, 4.69) is 20.8 Å². The molecule has 0 saturated carbocycles. The van der Waals surface area contributed by atoms with Crippen molar-refractivity contribution in [3.63, 3.8) is 0 Å². The van der Waals surface area contributed by atoms with Crippen LogP contribution in [-0.2, 0) is 21.4 Å². The summed E-state index contributed by atoms with van der Waals surface area (Å²) in [6.45, 7) is 0.754. The minimum absolute atomic E-state index is 0.0904. The zero-order valence-corrected chi connectivity index (χ0v) is 17.9. The van der Waals surface area contributed by atoms with E-state index in [0.29, 0.717) is 35.6 Å². The summed E-state index contributed by atoms with van der Waals surface area (Å²) in [5.41, 5.74) is 7.46. The number of thiophene rings is 1. The number of sulfonamides is 1. The number of nitrogens with two attached hydrogens (primary N) is 1. The van der Waals surface area contributed by atoms with Gasteiger partial charge in [-0.1, -0.05) is 12.1 Å². The first-order valence-electron chi connectivity index (χ1n) is 9.34. The van der Waals surface area contributed by atoms with Crippen LogP contribution in [-0.4, -0.2) is 41.8 Å². The first-order valence-corrected chi connectivity index (χ1v) is 11.6. The molecule has 9 nitrogen and oxygen atoms in total. The fourth-order valence-corrected chi connectivity index (χ4v) is 5.84. The van der Waals surface area contributed by atoms with Crippen molar-refractivity contribution in [2.75, 3.05) is 12.3 Å². The van der Waals surface area contributed by atoms with Crippen molar-refractivity contribution < 1.29 is 13.2 Å². The minimum Gasteiger partial charge on any atom is -0.368 e. The van der Waals surface area contributed by atoms with Crippen LogP contribution in [0.1, 0.15) is 17.5 Å². The normalized spacial score (nSPS) is 16.4. The number of benzene rings is 1. The summed E-state index contributed by atoms with van der Waals surface area (Å²) in [7, 11) is -3.88. The van der Waals surface area contributed by atoms with Crippen molar-refractivity contribution in [1.29, 1.82) is 5.26 Å². The van der Waals surface area contributed by atoms with Crippen LogP contribution in [0.5, 0.6) is 0 Å². The molecule has 4 rings (SSSR count). The lowest BCUT2D eigenvalue weighted by molar-refractivity contribution is -0.129. The number of likely N-dealkylation sites (tertiary alicyclic amines) is 1. The van der Waals surface area contributed by atoms with Crippen LogP contribution >= 0.6 is 11.3 Å². The predicted molar refractivity (Wildman–Crippen MR) is 115 cm³/mol. The maximum absolute atomic E-state index is 12.8. The van der Waals surface area contributed by atoms with Gasteiger partial charge in [0.05, 0.1) is 22.2 Å². The molecule has 1 saturated heterocycles. The van der Waals surface area contributed by atoms with Crippen molar-refractivity contribution in [2.24, 2.45) is 0 Å². The van der Waals surface area contributed by atoms with Gasteiger partial charge in [0.1, 0.15) is 10.3 Å². The number of nitriles is 1. The van der Waals surface area contributed by atoms with Gasteiger partial charge in [0.25, 0.3) is 10.0 Å². The number of hydrogen-bond donors (Lipinski definition) is 2. The first-order chi connectivity index (χ1) is 14.9. The Labute approximate surface area is 183 Å². The molecule has 1 aromatic carbocycles. The fraction of sp³-hybridized carbons (Fsp3) is 0.200. The van der Waals surface area contributed by atoms with Gasteiger partial charge in [-0.2, -0.15) is 9.98 Å². The van der Waals surface area contributed by atoms with Crippen molar-refractivity contribution in [3.05, 3.63) is 59.8 Å². The monoisotopic (exact) mass is 454 g/mol. The molecule has 0 spiro atoms. The summed E-state index contributed by atoms with van der Waals surface area (Å²) in [5.74, 6) is -0.184. The van der Waals surface area contributed by atoms with Crippen molar-refractivity contribution in [3.8, 4) is 16.6 Å². The molecule has 0 unspecified atom stereocenters. The van der Waals surface area contributed by atoms with E-state index in [1.54, 1.807) is 35.2 Å². The molecular formula is C20H18N6O3S2. The van der Waals surface area contributed by atoms with Gasteiger partial charge in [-0.25, -0.2) is 18.4 Å². The zero-order valence-electron chi connectivity index (χ0n) is 16.2. The molecule has 0 bridgehead atoms. The summed E-state index contributed by atoms with van der Waals surface area (Å²) in [5, 5.41) is 9.02. The van der Waals surface area contributed by atoms with Crippen molar-refractivity contribution in [1.82, 2.24) is 19.6 Å². The van der Waals surface area contributed by atoms with Crippen LogP contribution in [0, 0.1) is 11.3 Å². The number of nitrogen functional groups attached to an aromatic ring is 1. The third-order valence-electron chi connectivity index (χ3n) is 4.80. The summed E-state index contributed by atoms with van der Waals surface area (Å²) in [6, 6.07) is 13.0. The highest BCUT2D eigenvalue weighted by molar-refractivity contribution is 7.91. The second kappa shape index (κ2) is 8.43. The molecule has 31 heavy (non-hydrogen) atoms. The van der Waals surface area contributed by atoms with Crippen LogP contribution in [0.3, 0.4) is 0 Å².